The van der Waals surface area contributed by atoms with Crippen LogP contribution in [0, 0.1) is 23.2 Å². The number of carbonyl (C=O) groups excluding carboxylic acids is 1. The van der Waals surface area contributed by atoms with Gasteiger partial charge in [-0.15, -0.1) is 0 Å². The molecule has 0 aromatic carbocycles. The maximum absolute atomic E-state index is 12.5. The Morgan fingerprint density at radius 3 is 2.88 bits per heavy atom. The normalized spacial score (nSPS) is 47.9. The Balaban J connectivity index is 1.49. The Hall–Kier alpha value is -0.650. The molecule has 1 spiro atoms. The van der Waals surface area contributed by atoms with Gasteiger partial charge in [-0.1, -0.05) is 13.8 Å². The number of ether oxygens (including phenoxy) is 2. The highest BCUT2D eigenvalue weighted by molar-refractivity contribution is 5.75. The van der Waals surface area contributed by atoms with Gasteiger partial charge in [-0.25, -0.2) is 0 Å². The number of rotatable bonds is 5. The van der Waals surface area contributed by atoms with Gasteiger partial charge in [0.25, 0.3) is 0 Å². The number of nitrogens with two attached hydrogens (primary N) is 1. The maximum atomic E-state index is 12.5. The summed E-state index contributed by atoms with van der Waals surface area (Å²) in [7, 11) is 0. The number of aliphatic hydroxyl groups excluding tert-OH is 1. The van der Waals surface area contributed by atoms with Gasteiger partial charge in [-0.3, -0.25) is 4.79 Å². The second-order valence-corrected chi connectivity index (χ2v) is 8.92. The predicted molar refractivity (Wildman–Crippen MR) is 88.2 cm³/mol. The Morgan fingerprint density at radius 2 is 2.21 bits per heavy atom. The Kier molecular flexibility index (Phi) is 4.17. The number of hydrogen-bond donors (Lipinski definition) is 2. The molecule has 2 saturated heterocycles. The lowest BCUT2D eigenvalue weighted by Gasteiger charge is -2.51. The third-order valence-corrected chi connectivity index (χ3v) is 7.56. The molecule has 24 heavy (non-hydrogen) atoms. The Bertz CT molecular complexity index is 502. The van der Waals surface area contributed by atoms with E-state index in [0.717, 1.165) is 32.4 Å². The number of fused-ring (bicyclic) bond motifs is 3. The molecule has 0 bridgehead atoms. The predicted octanol–water partition coefficient (Wildman–Crippen LogP) is 0.848. The first-order valence-corrected chi connectivity index (χ1v) is 9.80. The third-order valence-electron chi connectivity index (χ3n) is 7.56. The fourth-order valence-corrected chi connectivity index (χ4v) is 5.94. The molecule has 0 unspecified atom stereocenters. The zero-order chi connectivity index (χ0) is 16.9. The first kappa shape index (κ1) is 16.8. The van der Waals surface area contributed by atoms with E-state index in [1.165, 1.54) is 19.3 Å². The van der Waals surface area contributed by atoms with Crippen LogP contribution in [0.5, 0.6) is 0 Å². The van der Waals surface area contributed by atoms with Gasteiger partial charge in [0, 0.05) is 5.92 Å². The molecule has 7 atom stereocenters. The summed E-state index contributed by atoms with van der Waals surface area (Å²) in [5.74, 6) is 0.888. The molecule has 0 aromatic heterocycles. The molecule has 5 heteroatoms. The summed E-state index contributed by atoms with van der Waals surface area (Å²) in [6.07, 6.45) is 6.77. The molecule has 2 aliphatic heterocycles. The van der Waals surface area contributed by atoms with Crippen LogP contribution in [0.15, 0.2) is 0 Å². The summed E-state index contributed by atoms with van der Waals surface area (Å²) in [5.41, 5.74) is 0.390. The van der Waals surface area contributed by atoms with Gasteiger partial charge < -0.3 is 19.9 Å². The Labute approximate surface area is 144 Å². The summed E-state index contributed by atoms with van der Waals surface area (Å²) >= 11 is 0. The molecular formula is C19H32NO4+. The minimum absolute atomic E-state index is 0.0120. The Morgan fingerprint density at radius 1 is 1.42 bits per heavy atom. The average molecular weight is 338 g/mol. The second-order valence-electron chi connectivity index (χ2n) is 8.92. The van der Waals surface area contributed by atoms with E-state index in [1.807, 2.05) is 0 Å². The van der Waals surface area contributed by atoms with Crippen molar-refractivity contribution in [2.24, 2.45) is 23.2 Å². The van der Waals surface area contributed by atoms with Crippen LogP contribution in [0.2, 0.25) is 0 Å². The van der Waals surface area contributed by atoms with Gasteiger partial charge in [0.1, 0.15) is 18.1 Å². The van der Waals surface area contributed by atoms with E-state index in [1.54, 1.807) is 0 Å². The van der Waals surface area contributed by atoms with Gasteiger partial charge in [0.2, 0.25) is 0 Å². The molecule has 2 heterocycles. The van der Waals surface area contributed by atoms with E-state index in [-0.39, 0.29) is 41.7 Å². The highest BCUT2D eigenvalue weighted by Crippen LogP contribution is 2.62. The molecule has 0 amide bonds. The number of aliphatic hydroxyl groups is 1. The van der Waals surface area contributed by atoms with Crippen molar-refractivity contribution in [2.75, 3.05) is 19.8 Å². The monoisotopic (exact) mass is 338 g/mol. The van der Waals surface area contributed by atoms with Gasteiger partial charge in [0.05, 0.1) is 25.4 Å². The lowest BCUT2D eigenvalue weighted by Crippen LogP contribution is -2.92. The number of epoxide rings is 1. The van der Waals surface area contributed by atoms with Crippen molar-refractivity contribution in [3.8, 4) is 0 Å². The van der Waals surface area contributed by atoms with Crippen LogP contribution in [0.4, 0.5) is 0 Å². The van der Waals surface area contributed by atoms with E-state index in [9.17, 15) is 9.90 Å². The first-order chi connectivity index (χ1) is 11.5. The zero-order valence-corrected chi connectivity index (χ0v) is 15.0. The quantitative estimate of drug-likeness (QED) is 0.576. The maximum Gasteiger partial charge on any atom is 0.315 e. The standard InChI is InChI=1S/C19H31NO4/c1-3-12(10-21)20-9-14-13-7-16-18(2,8-15(13)24-17(14)22)5-4-6-19(16)11-23-19/h12-16,20-21H,3-11H2,1-2H3/p+1/t12-,13-,14+,15+,16-,18+,19-/m1/s1. The van der Waals surface area contributed by atoms with Crippen molar-refractivity contribution >= 4 is 5.97 Å². The van der Waals surface area contributed by atoms with Crippen LogP contribution < -0.4 is 5.32 Å². The molecule has 3 N–H and O–H groups in total. The molecule has 0 aromatic rings. The summed E-state index contributed by atoms with van der Waals surface area (Å²) in [5, 5.41) is 11.5. The largest absolute Gasteiger partial charge is 0.462 e. The minimum Gasteiger partial charge on any atom is -0.462 e. The summed E-state index contributed by atoms with van der Waals surface area (Å²) in [6.45, 7) is 6.30. The van der Waals surface area contributed by atoms with Gasteiger partial charge in [0.15, 0.2) is 0 Å². The smallest absolute Gasteiger partial charge is 0.315 e. The number of quaternary nitrogens is 1. The average Bonchev–Trinajstić information content (AvgIpc) is 3.25. The van der Waals surface area contributed by atoms with E-state index < -0.39 is 0 Å². The number of carbonyl (C=O) groups is 1. The molecule has 2 saturated carbocycles. The van der Waals surface area contributed by atoms with Gasteiger partial charge in [-0.2, -0.15) is 0 Å². The fraction of sp³-hybridized carbons (Fsp3) is 0.947. The van der Waals surface area contributed by atoms with Gasteiger partial charge in [-0.05, 0) is 49.9 Å². The molecule has 4 fully saturated rings. The fourth-order valence-electron chi connectivity index (χ4n) is 5.94. The molecule has 5 nitrogen and oxygen atoms in total. The van der Waals surface area contributed by atoms with Crippen molar-refractivity contribution in [3.05, 3.63) is 0 Å². The van der Waals surface area contributed by atoms with Crippen LogP contribution in [0.25, 0.3) is 0 Å². The SMILES string of the molecule is CC[C@H](CO)[NH2+]C[C@@H]1C(=O)O[C@H]2C[C@]3(C)CCC[C@@]4(CO4)[C@@H]3C[C@@H]21. The minimum atomic E-state index is -0.0159. The van der Waals surface area contributed by atoms with Crippen molar-refractivity contribution in [2.45, 2.75) is 70.1 Å². The van der Waals surface area contributed by atoms with Crippen LogP contribution in [-0.2, 0) is 14.3 Å². The lowest BCUT2D eigenvalue weighted by atomic mass is 9.53. The van der Waals surface area contributed by atoms with E-state index in [2.05, 4.69) is 19.2 Å². The summed E-state index contributed by atoms with van der Waals surface area (Å²) in [6, 6.07) is 0.193. The summed E-state index contributed by atoms with van der Waals surface area (Å²) in [4.78, 5) is 12.5. The molecule has 0 radical (unpaired) electrons. The van der Waals surface area contributed by atoms with Gasteiger partial charge >= 0.3 is 5.97 Å². The van der Waals surface area contributed by atoms with E-state index >= 15 is 0 Å². The first-order valence-electron chi connectivity index (χ1n) is 9.80. The highest BCUT2D eigenvalue weighted by Gasteiger charge is 2.65. The summed E-state index contributed by atoms with van der Waals surface area (Å²) < 4.78 is 11.8. The number of esters is 1. The molecule has 4 rings (SSSR count). The van der Waals surface area contributed by atoms with Crippen LogP contribution in [-0.4, -0.2) is 48.6 Å². The van der Waals surface area contributed by atoms with Crippen molar-refractivity contribution in [1.82, 2.24) is 0 Å². The van der Waals surface area contributed by atoms with Crippen molar-refractivity contribution in [3.63, 3.8) is 0 Å². The second kappa shape index (κ2) is 5.96. The molecule has 2 aliphatic carbocycles. The molecule has 136 valence electrons. The lowest BCUT2D eigenvalue weighted by molar-refractivity contribution is -0.695. The van der Waals surface area contributed by atoms with E-state index in [0.29, 0.717) is 11.8 Å². The van der Waals surface area contributed by atoms with Crippen LogP contribution >= 0.6 is 0 Å². The molecule has 4 aliphatic rings. The third kappa shape index (κ3) is 2.60. The van der Waals surface area contributed by atoms with Crippen LogP contribution in [0.1, 0.15) is 52.4 Å². The molecular weight excluding hydrogens is 306 g/mol. The number of hydrogen-bond acceptors (Lipinski definition) is 4. The topological polar surface area (TPSA) is 75.7 Å². The van der Waals surface area contributed by atoms with Crippen LogP contribution in [0.3, 0.4) is 0 Å². The highest BCUT2D eigenvalue weighted by atomic mass is 16.6. The van der Waals surface area contributed by atoms with E-state index in [4.69, 9.17) is 9.47 Å². The van der Waals surface area contributed by atoms with Crippen molar-refractivity contribution in [1.29, 1.82) is 0 Å². The zero-order valence-electron chi connectivity index (χ0n) is 15.0. The van der Waals surface area contributed by atoms with Crippen molar-refractivity contribution < 1.29 is 24.7 Å².